The second-order valence-electron chi connectivity index (χ2n) is 6.46. The van der Waals surface area contributed by atoms with Gasteiger partial charge >= 0.3 is 0 Å². The van der Waals surface area contributed by atoms with E-state index in [9.17, 15) is 9.59 Å². The van der Waals surface area contributed by atoms with Gasteiger partial charge in [0.15, 0.2) is 11.3 Å². The summed E-state index contributed by atoms with van der Waals surface area (Å²) in [7, 11) is 1.59. The summed E-state index contributed by atoms with van der Waals surface area (Å²) in [6, 6.07) is 11.7. The Hall–Kier alpha value is -3.00. The number of anilines is 1. The Labute approximate surface area is 166 Å². The zero-order valence-electron chi connectivity index (χ0n) is 15.5. The van der Waals surface area contributed by atoms with Gasteiger partial charge in [0.1, 0.15) is 17.3 Å². The van der Waals surface area contributed by atoms with Crippen LogP contribution in [0.3, 0.4) is 0 Å². The maximum absolute atomic E-state index is 12.9. The molecule has 1 saturated heterocycles. The van der Waals surface area contributed by atoms with Crippen molar-refractivity contribution in [2.45, 2.75) is 13.0 Å². The minimum absolute atomic E-state index is 0.192. The van der Waals surface area contributed by atoms with Gasteiger partial charge in [-0.2, -0.15) is 0 Å². The highest BCUT2D eigenvalue weighted by Crippen LogP contribution is 2.27. The zero-order valence-corrected chi connectivity index (χ0v) is 16.3. The monoisotopic (exact) mass is 397 g/mol. The van der Waals surface area contributed by atoms with Gasteiger partial charge in [-0.25, -0.2) is 4.98 Å². The molecule has 0 radical (unpaired) electrons. The molecule has 1 atom stereocenters. The lowest BCUT2D eigenvalue weighted by Crippen LogP contribution is -2.44. The third-order valence-corrected chi connectivity index (χ3v) is 5.54. The van der Waals surface area contributed by atoms with Gasteiger partial charge in [0, 0.05) is 23.2 Å². The van der Waals surface area contributed by atoms with E-state index in [1.165, 1.54) is 16.7 Å². The molecule has 0 spiro atoms. The summed E-state index contributed by atoms with van der Waals surface area (Å²) >= 11 is 1.53. The first kappa shape index (κ1) is 18.4. The molecule has 2 amide bonds. The third kappa shape index (κ3) is 3.55. The highest BCUT2D eigenvalue weighted by molar-refractivity contribution is 7.99. The topological polar surface area (TPSA) is 84.7 Å². The van der Waals surface area contributed by atoms with Gasteiger partial charge in [-0.15, -0.1) is 11.8 Å². The van der Waals surface area contributed by atoms with Crippen LogP contribution in [0.4, 0.5) is 5.69 Å². The molecule has 3 aromatic rings. The van der Waals surface area contributed by atoms with Crippen LogP contribution in [0, 0.1) is 6.92 Å². The molecule has 1 aromatic carbocycles. The zero-order chi connectivity index (χ0) is 19.7. The molecule has 4 rings (SSSR count). The summed E-state index contributed by atoms with van der Waals surface area (Å²) < 4.78 is 10.8. The molecule has 1 fully saturated rings. The number of aryl methyl sites for hydroxylation is 1. The SMILES string of the molecule is COc1ccc(NC(=O)C2CSCN2C(=O)c2cc3nc(C)ccc3o2)cc1. The Balaban J connectivity index is 1.51. The number of nitrogens with zero attached hydrogens (tertiary/aromatic N) is 2. The summed E-state index contributed by atoms with van der Waals surface area (Å²) in [6.45, 7) is 1.88. The van der Waals surface area contributed by atoms with Crippen LogP contribution < -0.4 is 10.1 Å². The number of furan rings is 1. The molecule has 7 nitrogen and oxygen atoms in total. The summed E-state index contributed by atoms with van der Waals surface area (Å²) in [4.78, 5) is 31.6. The number of ether oxygens (including phenoxy) is 1. The number of carbonyl (C=O) groups excluding carboxylic acids is 2. The minimum Gasteiger partial charge on any atom is -0.497 e. The van der Waals surface area contributed by atoms with Crippen LogP contribution in [0.15, 0.2) is 46.9 Å². The van der Waals surface area contributed by atoms with Crippen molar-refractivity contribution in [3.05, 3.63) is 53.9 Å². The van der Waals surface area contributed by atoms with E-state index in [1.54, 1.807) is 43.5 Å². The molecule has 2 aromatic heterocycles. The normalized spacial score (nSPS) is 16.4. The Morgan fingerprint density at radius 3 is 2.79 bits per heavy atom. The molecule has 0 saturated carbocycles. The Bertz CT molecular complexity index is 1030. The van der Waals surface area contributed by atoms with Crippen molar-refractivity contribution in [2.75, 3.05) is 24.1 Å². The molecule has 28 heavy (non-hydrogen) atoms. The molecule has 144 valence electrons. The van der Waals surface area contributed by atoms with E-state index >= 15 is 0 Å². The summed E-state index contributed by atoms with van der Waals surface area (Å²) in [5.74, 6) is 1.33. The van der Waals surface area contributed by atoms with E-state index in [0.717, 1.165) is 5.69 Å². The van der Waals surface area contributed by atoms with Gasteiger partial charge in [0.05, 0.1) is 13.0 Å². The van der Waals surface area contributed by atoms with Gasteiger partial charge in [0.2, 0.25) is 5.91 Å². The summed E-state index contributed by atoms with van der Waals surface area (Å²) in [5, 5.41) is 2.86. The number of amides is 2. The molecule has 1 N–H and O–H groups in total. The fraction of sp³-hybridized carbons (Fsp3) is 0.250. The molecule has 0 aliphatic carbocycles. The number of hydrogen-bond donors (Lipinski definition) is 1. The van der Waals surface area contributed by atoms with Crippen molar-refractivity contribution in [3.63, 3.8) is 0 Å². The van der Waals surface area contributed by atoms with Crippen LogP contribution in [0.2, 0.25) is 0 Å². The Kier molecular flexibility index (Phi) is 4.95. The quantitative estimate of drug-likeness (QED) is 0.727. The lowest BCUT2D eigenvalue weighted by atomic mass is 10.2. The number of hydrogen-bond acceptors (Lipinski definition) is 6. The maximum atomic E-state index is 12.9. The van der Waals surface area contributed by atoms with Gasteiger partial charge < -0.3 is 19.4 Å². The number of fused-ring (bicyclic) bond motifs is 1. The van der Waals surface area contributed by atoms with Gasteiger partial charge in [-0.3, -0.25) is 9.59 Å². The molecular weight excluding hydrogens is 378 g/mol. The Morgan fingerprint density at radius 2 is 2.04 bits per heavy atom. The fourth-order valence-corrected chi connectivity index (χ4v) is 4.19. The van der Waals surface area contributed by atoms with Crippen molar-refractivity contribution >= 4 is 40.4 Å². The van der Waals surface area contributed by atoms with E-state index in [0.29, 0.717) is 34.2 Å². The summed E-state index contributed by atoms with van der Waals surface area (Å²) in [6.07, 6.45) is 0. The average molecular weight is 397 g/mol. The second kappa shape index (κ2) is 7.55. The molecule has 1 unspecified atom stereocenters. The van der Waals surface area contributed by atoms with E-state index < -0.39 is 6.04 Å². The second-order valence-corrected chi connectivity index (χ2v) is 7.45. The largest absolute Gasteiger partial charge is 0.497 e. The van der Waals surface area contributed by atoms with Crippen LogP contribution in [0.5, 0.6) is 5.75 Å². The van der Waals surface area contributed by atoms with Crippen LogP contribution in [0.1, 0.15) is 16.2 Å². The maximum Gasteiger partial charge on any atom is 0.291 e. The predicted octanol–water partition coefficient (Wildman–Crippen LogP) is 3.30. The lowest BCUT2D eigenvalue weighted by Gasteiger charge is -2.22. The number of carbonyl (C=O) groups is 2. The number of rotatable bonds is 4. The number of aromatic nitrogens is 1. The molecule has 3 heterocycles. The number of nitrogens with one attached hydrogen (secondary N) is 1. The van der Waals surface area contributed by atoms with E-state index in [2.05, 4.69) is 10.3 Å². The van der Waals surface area contributed by atoms with Gasteiger partial charge in [-0.1, -0.05) is 0 Å². The minimum atomic E-state index is -0.567. The summed E-state index contributed by atoms with van der Waals surface area (Å²) in [5.41, 5.74) is 2.69. The number of methoxy groups -OCH3 is 1. The van der Waals surface area contributed by atoms with Crippen molar-refractivity contribution in [1.29, 1.82) is 0 Å². The van der Waals surface area contributed by atoms with Gasteiger partial charge in [0.25, 0.3) is 5.91 Å². The van der Waals surface area contributed by atoms with Crippen LogP contribution in [-0.4, -0.2) is 46.5 Å². The molecule has 1 aliphatic rings. The fourth-order valence-electron chi connectivity index (χ4n) is 3.03. The van der Waals surface area contributed by atoms with Crippen molar-refractivity contribution in [2.24, 2.45) is 0 Å². The van der Waals surface area contributed by atoms with E-state index in [1.807, 2.05) is 13.0 Å². The van der Waals surface area contributed by atoms with Crippen molar-refractivity contribution in [1.82, 2.24) is 9.88 Å². The lowest BCUT2D eigenvalue weighted by molar-refractivity contribution is -0.119. The van der Waals surface area contributed by atoms with Crippen LogP contribution in [0.25, 0.3) is 11.1 Å². The Morgan fingerprint density at radius 1 is 1.25 bits per heavy atom. The molecule has 0 bridgehead atoms. The van der Waals surface area contributed by atoms with Crippen molar-refractivity contribution < 1.29 is 18.7 Å². The number of pyridine rings is 1. The molecular formula is C20H19N3O4S. The molecule has 1 aliphatic heterocycles. The van der Waals surface area contributed by atoms with E-state index in [4.69, 9.17) is 9.15 Å². The van der Waals surface area contributed by atoms with E-state index in [-0.39, 0.29) is 17.6 Å². The standard InChI is InChI=1S/C20H19N3O4S/c1-12-3-8-17-15(21-12)9-18(27-17)20(25)23-11-28-10-16(23)19(24)22-13-4-6-14(26-2)7-5-13/h3-9,16H,10-11H2,1-2H3,(H,22,24). The highest BCUT2D eigenvalue weighted by Gasteiger charge is 2.36. The number of benzene rings is 1. The highest BCUT2D eigenvalue weighted by atomic mass is 32.2. The smallest absolute Gasteiger partial charge is 0.291 e. The first-order chi connectivity index (χ1) is 13.5. The predicted molar refractivity (Wildman–Crippen MR) is 108 cm³/mol. The first-order valence-electron chi connectivity index (χ1n) is 8.76. The number of thioether (sulfide) groups is 1. The third-order valence-electron chi connectivity index (χ3n) is 4.53. The van der Waals surface area contributed by atoms with Crippen LogP contribution >= 0.6 is 11.8 Å². The van der Waals surface area contributed by atoms with Crippen molar-refractivity contribution in [3.8, 4) is 5.75 Å². The van der Waals surface area contributed by atoms with Crippen LogP contribution in [-0.2, 0) is 4.79 Å². The molecule has 8 heteroatoms. The average Bonchev–Trinajstić information content (AvgIpc) is 3.34. The first-order valence-corrected chi connectivity index (χ1v) is 9.91. The van der Waals surface area contributed by atoms with Gasteiger partial charge in [-0.05, 0) is 43.3 Å².